The van der Waals surface area contributed by atoms with Crippen LogP contribution in [0.3, 0.4) is 0 Å². The maximum Gasteiger partial charge on any atom is 0.0882 e. The third kappa shape index (κ3) is 4.50. The summed E-state index contributed by atoms with van der Waals surface area (Å²) in [6, 6.07) is 0. The number of aliphatic hydroxyl groups is 3. The zero-order valence-electron chi connectivity index (χ0n) is 10.6. The van der Waals surface area contributed by atoms with Gasteiger partial charge in [-0.2, -0.15) is 0 Å². The van der Waals surface area contributed by atoms with Gasteiger partial charge in [0.05, 0.1) is 25.4 Å². The number of rotatable bonds is 7. The third-order valence-electron chi connectivity index (χ3n) is 3.43. The molecule has 4 N–H and O–H groups in total. The van der Waals surface area contributed by atoms with Crippen LogP contribution in [0, 0.1) is 0 Å². The van der Waals surface area contributed by atoms with E-state index in [1.807, 2.05) is 0 Å². The molecule has 1 fully saturated rings. The van der Waals surface area contributed by atoms with Crippen molar-refractivity contribution in [2.24, 2.45) is 0 Å². The van der Waals surface area contributed by atoms with Gasteiger partial charge in [0, 0.05) is 39.3 Å². The number of aliphatic hydroxyl groups excluding tert-OH is 3. The van der Waals surface area contributed by atoms with Gasteiger partial charge in [0.15, 0.2) is 0 Å². The molecule has 6 heteroatoms. The van der Waals surface area contributed by atoms with E-state index in [0.29, 0.717) is 6.54 Å². The SMILES string of the molecule is CN1CCN(CCNC(CO)(CO)CO)CC1. The van der Waals surface area contributed by atoms with Crippen LogP contribution >= 0.6 is 0 Å². The van der Waals surface area contributed by atoms with Crippen LogP contribution in [-0.2, 0) is 0 Å². The average molecular weight is 247 g/mol. The Bertz CT molecular complexity index is 196. The van der Waals surface area contributed by atoms with Crippen LogP contribution in [0.15, 0.2) is 0 Å². The van der Waals surface area contributed by atoms with Crippen molar-refractivity contribution in [2.45, 2.75) is 5.54 Å². The molecule has 6 nitrogen and oxygen atoms in total. The van der Waals surface area contributed by atoms with Crippen molar-refractivity contribution >= 4 is 0 Å². The molecule has 17 heavy (non-hydrogen) atoms. The summed E-state index contributed by atoms with van der Waals surface area (Å²) in [6.07, 6.45) is 0. The largest absolute Gasteiger partial charge is 0.394 e. The van der Waals surface area contributed by atoms with E-state index in [1.54, 1.807) is 0 Å². The van der Waals surface area contributed by atoms with E-state index >= 15 is 0 Å². The molecule has 0 spiro atoms. The lowest BCUT2D eigenvalue weighted by Crippen LogP contribution is -2.57. The highest BCUT2D eigenvalue weighted by Crippen LogP contribution is 2.02. The first kappa shape index (κ1) is 14.8. The second-order valence-corrected chi connectivity index (χ2v) is 4.83. The Hall–Kier alpha value is -0.240. The molecular formula is C11H25N3O3. The van der Waals surface area contributed by atoms with Crippen LogP contribution in [0.2, 0.25) is 0 Å². The highest BCUT2D eigenvalue weighted by Gasteiger charge is 2.27. The Morgan fingerprint density at radius 3 is 2.00 bits per heavy atom. The lowest BCUT2D eigenvalue weighted by atomic mass is 10.0. The minimum atomic E-state index is -0.952. The molecule has 0 aromatic heterocycles. The fraction of sp³-hybridized carbons (Fsp3) is 1.00. The van der Waals surface area contributed by atoms with Gasteiger partial charge in [-0.05, 0) is 7.05 Å². The summed E-state index contributed by atoms with van der Waals surface area (Å²) in [7, 11) is 2.11. The zero-order valence-corrected chi connectivity index (χ0v) is 10.6. The van der Waals surface area contributed by atoms with E-state index in [4.69, 9.17) is 15.3 Å². The summed E-state index contributed by atoms with van der Waals surface area (Å²) in [5, 5.41) is 30.5. The number of piperazine rings is 1. The summed E-state index contributed by atoms with van der Waals surface area (Å²) >= 11 is 0. The Morgan fingerprint density at radius 1 is 1.00 bits per heavy atom. The third-order valence-corrected chi connectivity index (χ3v) is 3.43. The van der Waals surface area contributed by atoms with Gasteiger partial charge in [0.25, 0.3) is 0 Å². The number of nitrogens with zero attached hydrogens (tertiary/aromatic N) is 2. The predicted molar refractivity (Wildman–Crippen MR) is 65.9 cm³/mol. The van der Waals surface area contributed by atoms with E-state index in [9.17, 15) is 0 Å². The van der Waals surface area contributed by atoms with E-state index in [2.05, 4.69) is 22.2 Å². The van der Waals surface area contributed by atoms with Crippen molar-refractivity contribution in [2.75, 3.05) is 66.1 Å². The summed E-state index contributed by atoms with van der Waals surface area (Å²) in [5.41, 5.74) is -0.952. The van der Waals surface area contributed by atoms with Gasteiger partial charge in [-0.15, -0.1) is 0 Å². The number of nitrogens with one attached hydrogen (secondary N) is 1. The molecule has 1 aliphatic heterocycles. The second kappa shape index (κ2) is 7.25. The first-order valence-corrected chi connectivity index (χ1v) is 6.14. The summed E-state index contributed by atoms with van der Waals surface area (Å²) < 4.78 is 0. The molecule has 1 rings (SSSR count). The van der Waals surface area contributed by atoms with Gasteiger partial charge >= 0.3 is 0 Å². The quantitative estimate of drug-likeness (QED) is 0.400. The van der Waals surface area contributed by atoms with Gasteiger partial charge in [0.1, 0.15) is 0 Å². The first-order chi connectivity index (χ1) is 8.15. The summed E-state index contributed by atoms with van der Waals surface area (Å²) in [4.78, 5) is 4.63. The molecule has 0 bridgehead atoms. The highest BCUT2D eigenvalue weighted by atomic mass is 16.3. The van der Waals surface area contributed by atoms with Crippen LogP contribution in [0.5, 0.6) is 0 Å². The van der Waals surface area contributed by atoms with Crippen molar-refractivity contribution in [1.82, 2.24) is 15.1 Å². The fourth-order valence-electron chi connectivity index (χ4n) is 1.87. The minimum absolute atomic E-state index is 0.261. The standard InChI is InChI=1S/C11H25N3O3/c1-13-4-6-14(7-5-13)3-2-12-11(8-15,9-16)10-17/h12,15-17H,2-10H2,1H3. The van der Waals surface area contributed by atoms with Crippen LogP contribution < -0.4 is 5.32 Å². The van der Waals surface area contributed by atoms with Gasteiger partial charge in [0.2, 0.25) is 0 Å². The molecule has 0 saturated carbocycles. The minimum Gasteiger partial charge on any atom is -0.394 e. The van der Waals surface area contributed by atoms with E-state index in [1.165, 1.54) is 0 Å². The molecule has 0 aromatic rings. The lowest BCUT2D eigenvalue weighted by molar-refractivity contribution is 0.0396. The van der Waals surface area contributed by atoms with Crippen molar-refractivity contribution in [3.05, 3.63) is 0 Å². The number of hydrogen-bond donors (Lipinski definition) is 4. The van der Waals surface area contributed by atoms with Gasteiger partial charge in [-0.25, -0.2) is 0 Å². The Kier molecular flexibility index (Phi) is 6.32. The maximum absolute atomic E-state index is 9.15. The van der Waals surface area contributed by atoms with Crippen molar-refractivity contribution in [1.29, 1.82) is 0 Å². The Morgan fingerprint density at radius 2 is 1.53 bits per heavy atom. The fourth-order valence-corrected chi connectivity index (χ4v) is 1.87. The molecule has 1 aliphatic rings. The van der Waals surface area contributed by atoms with Gasteiger partial charge in [-0.3, -0.25) is 4.90 Å². The second-order valence-electron chi connectivity index (χ2n) is 4.83. The predicted octanol–water partition coefficient (Wildman–Crippen LogP) is -2.46. The molecule has 0 radical (unpaired) electrons. The Labute approximate surface area is 103 Å². The molecule has 102 valence electrons. The van der Waals surface area contributed by atoms with Gasteiger partial charge < -0.3 is 25.5 Å². The average Bonchev–Trinajstić information content (AvgIpc) is 2.38. The van der Waals surface area contributed by atoms with Gasteiger partial charge in [-0.1, -0.05) is 0 Å². The lowest BCUT2D eigenvalue weighted by Gasteiger charge is -2.34. The first-order valence-electron chi connectivity index (χ1n) is 6.14. The maximum atomic E-state index is 9.15. The Balaban J connectivity index is 2.22. The highest BCUT2D eigenvalue weighted by molar-refractivity contribution is 4.86. The van der Waals surface area contributed by atoms with E-state index in [0.717, 1.165) is 32.7 Å². The molecule has 0 amide bonds. The van der Waals surface area contributed by atoms with E-state index in [-0.39, 0.29) is 19.8 Å². The normalized spacial score (nSPS) is 19.8. The van der Waals surface area contributed by atoms with E-state index < -0.39 is 5.54 Å². The van der Waals surface area contributed by atoms with Crippen LogP contribution in [0.25, 0.3) is 0 Å². The molecule has 1 heterocycles. The smallest absolute Gasteiger partial charge is 0.0882 e. The number of hydrogen-bond acceptors (Lipinski definition) is 6. The number of likely N-dealkylation sites (N-methyl/N-ethyl adjacent to an activating group) is 1. The molecule has 0 atom stereocenters. The molecular weight excluding hydrogens is 222 g/mol. The van der Waals surface area contributed by atoms with Crippen molar-refractivity contribution < 1.29 is 15.3 Å². The topological polar surface area (TPSA) is 79.2 Å². The molecule has 1 saturated heterocycles. The van der Waals surface area contributed by atoms with Crippen LogP contribution in [-0.4, -0.2) is 96.8 Å². The summed E-state index contributed by atoms with van der Waals surface area (Å²) in [6.45, 7) is 4.98. The molecule has 0 aliphatic carbocycles. The summed E-state index contributed by atoms with van der Waals surface area (Å²) in [5.74, 6) is 0. The zero-order chi connectivity index (χ0) is 12.7. The van der Waals surface area contributed by atoms with Crippen molar-refractivity contribution in [3.8, 4) is 0 Å². The molecule has 0 unspecified atom stereocenters. The molecule has 0 aromatic carbocycles. The van der Waals surface area contributed by atoms with Crippen LogP contribution in [0.4, 0.5) is 0 Å². The van der Waals surface area contributed by atoms with Crippen molar-refractivity contribution in [3.63, 3.8) is 0 Å². The monoisotopic (exact) mass is 247 g/mol. The van der Waals surface area contributed by atoms with Crippen LogP contribution in [0.1, 0.15) is 0 Å².